The minimum Gasteiger partial charge on any atom is -0.480 e. The van der Waals surface area contributed by atoms with Crippen LogP contribution in [0.3, 0.4) is 0 Å². The first-order chi connectivity index (χ1) is 11.6. The van der Waals surface area contributed by atoms with Crippen molar-refractivity contribution in [1.82, 2.24) is 9.80 Å². The second kappa shape index (κ2) is 7.34. The number of aliphatic carboxylic acids is 1. The molecule has 1 saturated heterocycles. The van der Waals surface area contributed by atoms with E-state index in [9.17, 15) is 14.7 Å². The van der Waals surface area contributed by atoms with Gasteiger partial charge < -0.3 is 10.0 Å². The van der Waals surface area contributed by atoms with Crippen LogP contribution < -0.4 is 0 Å². The van der Waals surface area contributed by atoms with Gasteiger partial charge in [-0.1, -0.05) is 43.2 Å². The number of likely N-dealkylation sites (tertiary alicyclic amines) is 1. The fourth-order valence-electron chi connectivity index (χ4n) is 4.25. The largest absolute Gasteiger partial charge is 0.480 e. The van der Waals surface area contributed by atoms with Crippen LogP contribution in [0.4, 0.5) is 0 Å². The Kier molecular flexibility index (Phi) is 5.19. The smallest absolute Gasteiger partial charge is 0.320 e. The molecule has 5 heteroatoms. The van der Waals surface area contributed by atoms with Crippen molar-refractivity contribution in [3.63, 3.8) is 0 Å². The van der Waals surface area contributed by atoms with E-state index in [-0.39, 0.29) is 18.5 Å². The molecule has 130 valence electrons. The third kappa shape index (κ3) is 3.61. The molecule has 1 aromatic rings. The Hall–Kier alpha value is -1.88. The quantitative estimate of drug-likeness (QED) is 0.900. The zero-order valence-electron chi connectivity index (χ0n) is 14.2. The summed E-state index contributed by atoms with van der Waals surface area (Å²) in [5.74, 6) is -0.355. The number of carbonyl (C=O) groups is 2. The number of hydrogen-bond donors (Lipinski definition) is 1. The van der Waals surface area contributed by atoms with E-state index in [1.54, 1.807) is 11.9 Å². The maximum Gasteiger partial charge on any atom is 0.320 e. The van der Waals surface area contributed by atoms with Gasteiger partial charge in [0.2, 0.25) is 5.91 Å². The summed E-state index contributed by atoms with van der Waals surface area (Å²) in [5.41, 5.74) is 1.08. The fraction of sp³-hybridized carbons (Fsp3) is 0.579. The molecule has 1 aliphatic heterocycles. The molecule has 0 aromatic heterocycles. The van der Waals surface area contributed by atoms with Crippen molar-refractivity contribution in [1.29, 1.82) is 0 Å². The number of nitrogens with zero attached hydrogens (tertiary/aromatic N) is 2. The molecular formula is C19H26N2O3. The highest BCUT2D eigenvalue weighted by molar-refractivity contribution is 5.80. The molecule has 1 aromatic carbocycles. The molecule has 3 rings (SSSR count). The second-order valence-electron chi connectivity index (χ2n) is 7.11. The van der Waals surface area contributed by atoms with Crippen molar-refractivity contribution < 1.29 is 14.7 Å². The molecule has 5 nitrogen and oxygen atoms in total. The van der Waals surface area contributed by atoms with Crippen LogP contribution in [-0.4, -0.2) is 52.5 Å². The molecule has 3 atom stereocenters. The molecular weight excluding hydrogens is 304 g/mol. The van der Waals surface area contributed by atoms with Gasteiger partial charge in [-0.25, -0.2) is 0 Å². The number of carbonyl (C=O) groups excluding carboxylic acids is 1. The normalized spacial score (nSPS) is 26.8. The predicted octanol–water partition coefficient (Wildman–Crippen LogP) is 2.36. The average molecular weight is 330 g/mol. The standard InChI is InChI=1S/C19H26N2O3/c1-20(12-14-7-3-2-4-8-14)18(22)13-21-16-10-6-5-9-15(16)11-17(21)19(23)24/h2-4,7-8,15-17H,5-6,9-13H2,1H3,(H,23,24). The molecule has 0 radical (unpaired) electrons. The van der Waals surface area contributed by atoms with E-state index in [0.29, 0.717) is 18.9 Å². The molecule has 1 saturated carbocycles. The van der Waals surface area contributed by atoms with Gasteiger partial charge in [0.15, 0.2) is 0 Å². The van der Waals surface area contributed by atoms with Crippen LogP contribution in [0.15, 0.2) is 30.3 Å². The maximum atomic E-state index is 12.6. The predicted molar refractivity (Wildman–Crippen MR) is 91.4 cm³/mol. The summed E-state index contributed by atoms with van der Waals surface area (Å²) in [4.78, 5) is 27.9. The molecule has 1 N–H and O–H groups in total. The van der Waals surface area contributed by atoms with Crippen LogP contribution >= 0.6 is 0 Å². The summed E-state index contributed by atoms with van der Waals surface area (Å²) in [6.07, 6.45) is 5.13. The second-order valence-corrected chi connectivity index (χ2v) is 7.11. The highest BCUT2D eigenvalue weighted by Gasteiger charge is 2.45. The SMILES string of the molecule is CN(Cc1ccccc1)C(=O)CN1C(C(=O)O)CC2CCCCC21. The van der Waals surface area contributed by atoms with Gasteiger partial charge in [-0.15, -0.1) is 0 Å². The number of hydrogen-bond acceptors (Lipinski definition) is 3. The molecule has 1 aliphatic carbocycles. The number of amides is 1. The molecule has 1 amide bonds. The maximum absolute atomic E-state index is 12.6. The zero-order valence-corrected chi connectivity index (χ0v) is 14.2. The van der Waals surface area contributed by atoms with Crippen LogP contribution in [0.25, 0.3) is 0 Å². The monoisotopic (exact) mass is 330 g/mol. The number of benzene rings is 1. The van der Waals surface area contributed by atoms with Crippen molar-refractivity contribution in [3.05, 3.63) is 35.9 Å². The van der Waals surface area contributed by atoms with Gasteiger partial charge in [-0.3, -0.25) is 14.5 Å². The van der Waals surface area contributed by atoms with Gasteiger partial charge in [-0.2, -0.15) is 0 Å². The first-order valence-electron chi connectivity index (χ1n) is 8.82. The van der Waals surface area contributed by atoms with Gasteiger partial charge >= 0.3 is 5.97 Å². The number of likely N-dealkylation sites (N-methyl/N-ethyl adjacent to an activating group) is 1. The van der Waals surface area contributed by atoms with E-state index in [1.807, 2.05) is 35.2 Å². The number of carboxylic acid groups (broad SMARTS) is 1. The van der Waals surface area contributed by atoms with Crippen LogP contribution in [0.2, 0.25) is 0 Å². The van der Waals surface area contributed by atoms with E-state index >= 15 is 0 Å². The van der Waals surface area contributed by atoms with Gasteiger partial charge in [0, 0.05) is 19.6 Å². The van der Waals surface area contributed by atoms with Gasteiger partial charge in [0.05, 0.1) is 6.54 Å². The molecule has 3 unspecified atom stereocenters. The first kappa shape index (κ1) is 17.0. The molecule has 0 spiro atoms. The van der Waals surface area contributed by atoms with E-state index in [1.165, 1.54) is 6.42 Å². The average Bonchev–Trinajstić information content (AvgIpc) is 2.95. The van der Waals surface area contributed by atoms with E-state index in [4.69, 9.17) is 0 Å². The summed E-state index contributed by atoms with van der Waals surface area (Å²) < 4.78 is 0. The minimum atomic E-state index is -0.789. The Morgan fingerprint density at radius 1 is 1.21 bits per heavy atom. The Labute approximate surface area is 143 Å². The molecule has 0 bridgehead atoms. The Bertz CT molecular complexity index is 590. The Morgan fingerprint density at radius 2 is 1.92 bits per heavy atom. The van der Waals surface area contributed by atoms with Crippen molar-refractivity contribution in [2.45, 2.75) is 50.7 Å². The number of rotatable bonds is 5. The van der Waals surface area contributed by atoms with Crippen molar-refractivity contribution in [2.24, 2.45) is 5.92 Å². The van der Waals surface area contributed by atoms with E-state index in [0.717, 1.165) is 24.8 Å². The molecule has 2 aliphatic rings. The minimum absolute atomic E-state index is 0.00340. The summed E-state index contributed by atoms with van der Waals surface area (Å²) in [5, 5.41) is 9.55. The van der Waals surface area contributed by atoms with Crippen LogP contribution in [0.1, 0.15) is 37.7 Å². The van der Waals surface area contributed by atoms with Gasteiger partial charge in [0.25, 0.3) is 0 Å². The van der Waals surface area contributed by atoms with Crippen LogP contribution in [0.5, 0.6) is 0 Å². The molecule has 1 heterocycles. The third-order valence-corrected chi connectivity index (χ3v) is 5.51. The summed E-state index contributed by atoms with van der Waals surface area (Å²) in [6.45, 7) is 0.765. The van der Waals surface area contributed by atoms with Gasteiger partial charge in [-0.05, 0) is 30.7 Å². The molecule has 2 fully saturated rings. The Morgan fingerprint density at radius 3 is 2.62 bits per heavy atom. The fourth-order valence-corrected chi connectivity index (χ4v) is 4.25. The van der Waals surface area contributed by atoms with E-state index < -0.39 is 12.0 Å². The highest BCUT2D eigenvalue weighted by Crippen LogP contribution is 2.39. The summed E-state index contributed by atoms with van der Waals surface area (Å²) in [6, 6.07) is 9.62. The number of carboxylic acids is 1. The lowest BCUT2D eigenvalue weighted by Gasteiger charge is -2.33. The zero-order chi connectivity index (χ0) is 17.1. The van der Waals surface area contributed by atoms with Gasteiger partial charge in [0.1, 0.15) is 6.04 Å². The van der Waals surface area contributed by atoms with Crippen molar-refractivity contribution in [3.8, 4) is 0 Å². The van der Waals surface area contributed by atoms with Crippen molar-refractivity contribution in [2.75, 3.05) is 13.6 Å². The summed E-state index contributed by atoms with van der Waals surface area (Å²) in [7, 11) is 1.79. The van der Waals surface area contributed by atoms with Crippen LogP contribution in [-0.2, 0) is 16.1 Å². The lowest BCUT2D eigenvalue weighted by atomic mass is 9.85. The first-order valence-corrected chi connectivity index (χ1v) is 8.82. The topological polar surface area (TPSA) is 60.9 Å². The lowest BCUT2D eigenvalue weighted by molar-refractivity contribution is -0.144. The van der Waals surface area contributed by atoms with E-state index in [2.05, 4.69) is 0 Å². The number of fused-ring (bicyclic) bond motifs is 1. The lowest BCUT2D eigenvalue weighted by Crippen LogP contribution is -2.47. The third-order valence-electron chi connectivity index (χ3n) is 5.51. The Balaban J connectivity index is 1.65. The molecule has 24 heavy (non-hydrogen) atoms. The van der Waals surface area contributed by atoms with Crippen molar-refractivity contribution >= 4 is 11.9 Å². The highest BCUT2D eigenvalue weighted by atomic mass is 16.4. The van der Waals surface area contributed by atoms with Crippen LogP contribution in [0, 0.1) is 5.92 Å². The summed E-state index contributed by atoms with van der Waals surface area (Å²) >= 11 is 0.